The Labute approximate surface area is 161 Å². The van der Waals surface area contributed by atoms with E-state index in [2.05, 4.69) is 39.9 Å². The third kappa shape index (κ3) is 5.34. The van der Waals surface area contributed by atoms with Crippen LogP contribution in [0.15, 0.2) is 35.3 Å². The fourth-order valence-corrected chi connectivity index (χ4v) is 4.86. The Morgan fingerprint density at radius 2 is 2.04 bits per heavy atom. The molecule has 3 rings (SSSR count). The van der Waals surface area contributed by atoms with Crippen LogP contribution in [0.4, 0.5) is 0 Å². The zero-order valence-electron chi connectivity index (χ0n) is 13.9. The van der Waals surface area contributed by atoms with Crippen LogP contribution >= 0.6 is 24.0 Å². The Bertz CT molecular complexity index is 664. The zero-order chi connectivity index (χ0) is 16.3. The first-order chi connectivity index (χ1) is 11.1. The van der Waals surface area contributed by atoms with E-state index in [0.717, 1.165) is 19.0 Å². The van der Waals surface area contributed by atoms with Crippen LogP contribution in [0.25, 0.3) is 0 Å². The van der Waals surface area contributed by atoms with Crippen molar-refractivity contribution in [1.29, 1.82) is 0 Å². The van der Waals surface area contributed by atoms with E-state index in [9.17, 15) is 8.42 Å². The average Bonchev–Trinajstić information content (AvgIpc) is 3.23. The zero-order valence-corrected chi connectivity index (χ0v) is 17.1. The fraction of sp³-hybridized carbons (Fsp3) is 0.588. The van der Waals surface area contributed by atoms with Gasteiger partial charge in [-0.2, -0.15) is 0 Å². The van der Waals surface area contributed by atoms with E-state index in [1.165, 1.54) is 12.0 Å². The van der Waals surface area contributed by atoms with Crippen molar-refractivity contribution in [2.24, 2.45) is 10.9 Å². The van der Waals surface area contributed by atoms with E-state index in [1.807, 2.05) is 13.0 Å². The van der Waals surface area contributed by atoms with Gasteiger partial charge in [0.05, 0.1) is 11.5 Å². The Morgan fingerprint density at radius 1 is 1.29 bits per heavy atom. The van der Waals surface area contributed by atoms with Gasteiger partial charge in [0.1, 0.15) is 0 Å². The van der Waals surface area contributed by atoms with Crippen molar-refractivity contribution in [1.82, 2.24) is 10.6 Å². The van der Waals surface area contributed by atoms with Crippen LogP contribution < -0.4 is 10.6 Å². The highest BCUT2D eigenvalue weighted by molar-refractivity contribution is 14.0. The molecule has 2 N–H and O–H groups in total. The average molecular weight is 463 g/mol. The molecule has 1 aromatic rings. The summed E-state index contributed by atoms with van der Waals surface area (Å²) in [5.41, 5.74) is 1.40. The molecule has 3 atom stereocenters. The minimum Gasteiger partial charge on any atom is -0.357 e. The first kappa shape index (κ1) is 19.5. The molecule has 1 aliphatic heterocycles. The van der Waals surface area contributed by atoms with Crippen molar-refractivity contribution in [2.75, 3.05) is 24.6 Å². The number of hydrogen-bond donors (Lipinski definition) is 2. The van der Waals surface area contributed by atoms with Crippen molar-refractivity contribution in [2.45, 2.75) is 31.7 Å². The summed E-state index contributed by atoms with van der Waals surface area (Å²) in [7, 11) is -2.87. The first-order valence-electron chi connectivity index (χ1n) is 8.37. The predicted molar refractivity (Wildman–Crippen MR) is 109 cm³/mol. The molecule has 134 valence electrons. The van der Waals surface area contributed by atoms with Crippen LogP contribution in [0.3, 0.4) is 0 Å². The highest BCUT2D eigenvalue weighted by Gasteiger charge is 2.38. The van der Waals surface area contributed by atoms with Gasteiger partial charge >= 0.3 is 0 Å². The molecule has 1 saturated heterocycles. The molecule has 2 fully saturated rings. The van der Waals surface area contributed by atoms with Gasteiger partial charge < -0.3 is 10.6 Å². The fourth-order valence-electron chi connectivity index (χ4n) is 3.19. The highest BCUT2D eigenvalue weighted by Crippen LogP contribution is 2.47. The Morgan fingerprint density at radius 3 is 2.67 bits per heavy atom. The van der Waals surface area contributed by atoms with Gasteiger partial charge in [-0.15, -0.1) is 24.0 Å². The predicted octanol–water partition coefficient (Wildman–Crippen LogP) is 2.15. The normalized spacial score (nSPS) is 28.0. The minimum absolute atomic E-state index is 0. The number of rotatable bonds is 5. The van der Waals surface area contributed by atoms with Crippen LogP contribution in [0.5, 0.6) is 0 Å². The third-order valence-electron chi connectivity index (χ3n) is 4.55. The molecule has 1 aromatic carbocycles. The molecular formula is C17H26IN3O2S. The van der Waals surface area contributed by atoms with Gasteiger partial charge in [-0.1, -0.05) is 30.3 Å². The standard InChI is InChI=1S/C17H25N3O2S.HI/c1-2-18-17(20-15-8-9-23(21,22)12-15)19-11-14-10-16(14)13-6-4-3-5-7-13;/h3-7,14-16H,2,8-12H2,1H3,(H2,18,19,20);1H. The van der Waals surface area contributed by atoms with Crippen molar-refractivity contribution in [3.05, 3.63) is 35.9 Å². The van der Waals surface area contributed by atoms with Crippen molar-refractivity contribution < 1.29 is 8.42 Å². The molecule has 3 unspecified atom stereocenters. The molecule has 0 radical (unpaired) electrons. The summed E-state index contributed by atoms with van der Waals surface area (Å²) in [6.07, 6.45) is 1.85. The molecule has 24 heavy (non-hydrogen) atoms. The van der Waals surface area contributed by atoms with Gasteiger partial charge in [0, 0.05) is 19.1 Å². The summed E-state index contributed by atoms with van der Waals surface area (Å²) in [6, 6.07) is 10.6. The molecule has 7 heteroatoms. The number of aliphatic imine (C=N–C) groups is 1. The lowest BCUT2D eigenvalue weighted by Crippen LogP contribution is -2.44. The maximum Gasteiger partial charge on any atom is 0.191 e. The molecule has 1 aliphatic carbocycles. The quantitative estimate of drug-likeness (QED) is 0.399. The summed E-state index contributed by atoms with van der Waals surface area (Å²) in [6.45, 7) is 3.58. The lowest BCUT2D eigenvalue weighted by atomic mass is 10.1. The number of nitrogens with zero attached hydrogens (tertiary/aromatic N) is 1. The summed E-state index contributed by atoms with van der Waals surface area (Å²) >= 11 is 0. The Kier molecular flexibility index (Phi) is 6.91. The second-order valence-corrected chi connectivity index (χ2v) is 8.71. The first-order valence-corrected chi connectivity index (χ1v) is 10.2. The Balaban J connectivity index is 0.00000208. The molecule has 0 bridgehead atoms. The maximum absolute atomic E-state index is 11.6. The topological polar surface area (TPSA) is 70.6 Å². The van der Waals surface area contributed by atoms with Crippen LogP contribution in [0.1, 0.15) is 31.2 Å². The number of sulfone groups is 1. The van der Waals surface area contributed by atoms with E-state index in [1.54, 1.807) is 0 Å². The number of guanidine groups is 1. The van der Waals surface area contributed by atoms with E-state index in [-0.39, 0.29) is 41.5 Å². The van der Waals surface area contributed by atoms with Gasteiger partial charge in [-0.3, -0.25) is 4.99 Å². The van der Waals surface area contributed by atoms with E-state index in [4.69, 9.17) is 0 Å². The van der Waals surface area contributed by atoms with Gasteiger partial charge in [-0.05, 0) is 37.2 Å². The molecule has 1 saturated carbocycles. The SMILES string of the molecule is CCNC(=NCC1CC1c1ccccc1)NC1CCS(=O)(=O)C1.I. The number of halogens is 1. The molecule has 0 spiro atoms. The van der Waals surface area contributed by atoms with Crippen LogP contribution in [0.2, 0.25) is 0 Å². The van der Waals surface area contributed by atoms with E-state index < -0.39 is 9.84 Å². The van der Waals surface area contributed by atoms with E-state index in [0.29, 0.717) is 18.3 Å². The van der Waals surface area contributed by atoms with Crippen molar-refractivity contribution in [3.63, 3.8) is 0 Å². The van der Waals surface area contributed by atoms with Crippen molar-refractivity contribution >= 4 is 39.8 Å². The molecule has 5 nitrogen and oxygen atoms in total. The van der Waals surface area contributed by atoms with Gasteiger partial charge in [0.25, 0.3) is 0 Å². The van der Waals surface area contributed by atoms with Crippen LogP contribution in [0, 0.1) is 5.92 Å². The smallest absolute Gasteiger partial charge is 0.191 e. The highest BCUT2D eigenvalue weighted by atomic mass is 127. The Hall–Kier alpha value is -0.830. The molecule has 2 aliphatic rings. The maximum atomic E-state index is 11.6. The van der Waals surface area contributed by atoms with Crippen LogP contribution in [-0.2, 0) is 9.84 Å². The molecule has 0 amide bonds. The van der Waals surface area contributed by atoms with Gasteiger partial charge in [0.2, 0.25) is 0 Å². The summed E-state index contributed by atoms with van der Waals surface area (Å²) in [5, 5.41) is 6.49. The monoisotopic (exact) mass is 463 g/mol. The largest absolute Gasteiger partial charge is 0.357 e. The van der Waals surface area contributed by atoms with Gasteiger partial charge in [0.15, 0.2) is 15.8 Å². The molecular weight excluding hydrogens is 437 g/mol. The number of hydrogen-bond acceptors (Lipinski definition) is 3. The second-order valence-electron chi connectivity index (χ2n) is 6.48. The van der Waals surface area contributed by atoms with Crippen molar-refractivity contribution in [3.8, 4) is 0 Å². The van der Waals surface area contributed by atoms with Crippen LogP contribution in [-0.4, -0.2) is 45.0 Å². The van der Waals surface area contributed by atoms with Gasteiger partial charge in [-0.25, -0.2) is 8.42 Å². The summed E-state index contributed by atoms with van der Waals surface area (Å²) in [4.78, 5) is 4.66. The molecule has 1 heterocycles. The second kappa shape index (κ2) is 8.51. The third-order valence-corrected chi connectivity index (χ3v) is 6.32. The number of benzene rings is 1. The lowest BCUT2D eigenvalue weighted by molar-refractivity contribution is 0.599. The minimum atomic E-state index is -2.87. The van der Waals surface area contributed by atoms with E-state index >= 15 is 0 Å². The molecule has 0 aromatic heterocycles. The number of nitrogens with one attached hydrogen (secondary N) is 2. The summed E-state index contributed by atoms with van der Waals surface area (Å²) in [5.74, 6) is 2.46. The summed E-state index contributed by atoms with van der Waals surface area (Å²) < 4.78 is 23.1. The lowest BCUT2D eigenvalue weighted by Gasteiger charge is -2.15.